The van der Waals surface area contributed by atoms with Gasteiger partial charge in [0.2, 0.25) is 5.91 Å². The van der Waals surface area contributed by atoms with Crippen LogP contribution in [0.3, 0.4) is 0 Å². The molecular formula is C13H29N3O4. The molecule has 0 aromatic heterocycles. The summed E-state index contributed by atoms with van der Waals surface area (Å²) in [7, 11) is 0. The van der Waals surface area contributed by atoms with Gasteiger partial charge in [-0.25, -0.2) is 4.79 Å². The number of carbonyl (C=O) groups is 2. The molecule has 0 bridgehead atoms. The molecule has 0 unspecified atom stereocenters. The Morgan fingerprint density at radius 3 is 1.80 bits per heavy atom. The van der Waals surface area contributed by atoms with Crippen molar-refractivity contribution in [3.63, 3.8) is 0 Å². The van der Waals surface area contributed by atoms with E-state index in [4.69, 9.17) is 9.47 Å². The predicted octanol–water partition coefficient (Wildman–Crippen LogP) is 0.501. The minimum absolute atomic E-state index is 0.0636. The fraction of sp³-hybridized carbons (Fsp3) is 0.846. The van der Waals surface area contributed by atoms with E-state index in [9.17, 15) is 9.59 Å². The third kappa shape index (κ3) is 19.0. The first kappa shape index (κ1) is 21.0. The van der Waals surface area contributed by atoms with Crippen LogP contribution in [0.1, 0.15) is 27.7 Å². The first-order valence-electron chi connectivity index (χ1n) is 7.08. The molecule has 0 aliphatic heterocycles. The Morgan fingerprint density at radius 2 is 1.35 bits per heavy atom. The smallest absolute Gasteiger partial charge is 0.314 e. The molecule has 0 heterocycles. The maximum Gasteiger partial charge on any atom is 0.314 e. The summed E-state index contributed by atoms with van der Waals surface area (Å²) < 4.78 is 10.4. The summed E-state index contributed by atoms with van der Waals surface area (Å²) in [6, 6.07) is -0.187. The average molecular weight is 291 g/mol. The van der Waals surface area contributed by atoms with E-state index in [1.54, 1.807) is 0 Å². The maximum atomic E-state index is 11.0. The van der Waals surface area contributed by atoms with Crippen LogP contribution in [0.25, 0.3) is 0 Å². The van der Waals surface area contributed by atoms with Crippen LogP contribution in [-0.2, 0) is 14.3 Å². The fourth-order valence-corrected chi connectivity index (χ4v) is 1.08. The van der Waals surface area contributed by atoms with Crippen molar-refractivity contribution in [2.24, 2.45) is 0 Å². The monoisotopic (exact) mass is 291 g/mol. The van der Waals surface area contributed by atoms with E-state index in [0.717, 1.165) is 0 Å². The molecule has 0 aliphatic rings. The minimum atomic E-state index is -0.187. The van der Waals surface area contributed by atoms with Crippen molar-refractivity contribution < 1.29 is 19.1 Å². The Bertz CT molecular complexity index is 238. The summed E-state index contributed by atoms with van der Waals surface area (Å²) in [4.78, 5) is 21.5. The van der Waals surface area contributed by atoms with E-state index in [-0.39, 0.29) is 11.9 Å². The Morgan fingerprint density at radius 1 is 0.850 bits per heavy atom. The molecule has 0 radical (unpaired) electrons. The third-order valence-electron chi connectivity index (χ3n) is 1.86. The molecule has 0 rings (SSSR count). The summed E-state index contributed by atoms with van der Waals surface area (Å²) in [5.41, 5.74) is 0. The number of nitrogens with one attached hydrogen (secondary N) is 3. The van der Waals surface area contributed by atoms with Gasteiger partial charge < -0.3 is 25.4 Å². The van der Waals surface area contributed by atoms with Crippen molar-refractivity contribution in [3.8, 4) is 0 Å². The van der Waals surface area contributed by atoms with Crippen molar-refractivity contribution in [1.29, 1.82) is 0 Å². The number of ether oxygens (including phenoxy) is 2. The molecule has 7 nitrogen and oxygen atoms in total. The molecule has 0 spiro atoms. The second kappa shape index (κ2) is 17.7. The van der Waals surface area contributed by atoms with E-state index in [1.807, 2.05) is 20.8 Å². The SMILES string of the molecule is CC.CCNC(=O)NCCOCCOCCNC(C)=O. The summed E-state index contributed by atoms with van der Waals surface area (Å²) in [6.07, 6.45) is 0. The number of rotatable bonds is 10. The minimum Gasteiger partial charge on any atom is -0.377 e. The van der Waals surface area contributed by atoms with Gasteiger partial charge in [0.15, 0.2) is 0 Å². The van der Waals surface area contributed by atoms with E-state index >= 15 is 0 Å². The Kier molecular flexibility index (Phi) is 18.5. The Balaban J connectivity index is 0. The molecule has 0 fully saturated rings. The summed E-state index contributed by atoms with van der Waals surface area (Å²) >= 11 is 0. The number of carbonyl (C=O) groups excluding carboxylic acids is 2. The van der Waals surface area contributed by atoms with Crippen molar-refractivity contribution in [2.45, 2.75) is 27.7 Å². The van der Waals surface area contributed by atoms with Gasteiger partial charge in [0.25, 0.3) is 0 Å². The van der Waals surface area contributed by atoms with Gasteiger partial charge in [0, 0.05) is 26.6 Å². The lowest BCUT2D eigenvalue weighted by Crippen LogP contribution is -2.37. The highest BCUT2D eigenvalue weighted by Crippen LogP contribution is 1.78. The molecule has 120 valence electrons. The van der Waals surface area contributed by atoms with E-state index < -0.39 is 0 Å². The van der Waals surface area contributed by atoms with Crippen LogP contribution in [0, 0.1) is 0 Å². The molecule has 7 heteroatoms. The van der Waals surface area contributed by atoms with Gasteiger partial charge in [-0.05, 0) is 6.92 Å². The molecule has 3 amide bonds. The number of hydrogen-bond acceptors (Lipinski definition) is 4. The lowest BCUT2D eigenvalue weighted by Gasteiger charge is -2.07. The van der Waals surface area contributed by atoms with Crippen LogP contribution in [0.5, 0.6) is 0 Å². The predicted molar refractivity (Wildman–Crippen MR) is 78.7 cm³/mol. The highest BCUT2D eigenvalue weighted by atomic mass is 16.5. The van der Waals surface area contributed by atoms with Crippen LogP contribution >= 0.6 is 0 Å². The van der Waals surface area contributed by atoms with Crippen molar-refractivity contribution in [1.82, 2.24) is 16.0 Å². The highest BCUT2D eigenvalue weighted by molar-refractivity contribution is 5.73. The van der Waals surface area contributed by atoms with Crippen LogP contribution in [0.2, 0.25) is 0 Å². The molecular weight excluding hydrogens is 262 g/mol. The topological polar surface area (TPSA) is 88.7 Å². The normalized spacial score (nSPS) is 9.20. The van der Waals surface area contributed by atoms with E-state index in [2.05, 4.69) is 16.0 Å². The van der Waals surface area contributed by atoms with E-state index in [1.165, 1.54) is 6.92 Å². The molecule has 3 N–H and O–H groups in total. The molecule has 0 aliphatic carbocycles. The fourth-order valence-electron chi connectivity index (χ4n) is 1.08. The molecule has 0 saturated carbocycles. The standard InChI is InChI=1S/C11H23N3O4.C2H6/c1-3-12-11(16)14-5-7-18-9-8-17-6-4-13-10(2)15;1-2/h3-9H2,1-2H3,(H,13,15)(H2,12,14,16);1-2H3. The van der Waals surface area contributed by atoms with Crippen LogP contribution in [0.15, 0.2) is 0 Å². The molecule has 20 heavy (non-hydrogen) atoms. The van der Waals surface area contributed by atoms with Gasteiger partial charge in [-0.2, -0.15) is 0 Å². The van der Waals surface area contributed by atoms with Crippen molar-refractivity contribution in [3.05, 3.63) is 0 Å². The lowest BCUT2D eigenvalue weighted by atomic mass is 10.6. The lowest BCUT2D eigenvalue weighted by molar-refractivity contribution is -0.119. The number of amides is 3. The summed E-state index contributed by atoms with van der Waals surface area (Å²) in [5.74, 6) is -0.0636. The third-order valence-corrected chi connectivity index (χ3v) is 1.86. The van der Waals surface area contributed by atoms with Gasteiger partial charge >= 0.3 is 6.03 Å². The molecule has 0 aromatic rings. The van der Waals surface area contributed by atoms with Crippen LogP contribution in [0.4, 0.5) is 4.79 Å². The zero-order valence-electron chi connectivity index (χ0n) is 13.1. The zero-order chi connectivity index (χ0) is 15.6. The number of hydrogen-bond donors (Lipinski definition) is 3. The first-order chi connectivity index (χ1) is 9.66. The van der Waals surface area contributed by atoms with Gasteiger partial charge in [-0.15, -0.1) is 0 Å². The Hall–Kier alpha value is -1.34. The van der Waals surface area contributed by atoms with Crippen LogP contribution in [-0.4, -0.2) is 58.0 Å². The molecule has 0 saturated heterocycles. The number of urea groups is 1. The second-order valence-electron chi connectivity index (χ2n) is 3.49. The maximum absolute atomic E-state index is 11.0. The second-order valence-corrected chi connectivity index (χ2v) is 3.49. The summed E-state index contributed by atoms with van der Waals surface area (Å²) in [5, 5.41) is 7.88. The van der Waals surface area contributed by atoms with Crippen molar-refractivity contribution in [2.75, 3.05) is 46.1 Å². The quantitative estimate of drug-likeness (QED) is 0.511. The van der Waals surface area contributed by atoms with Gasteiger partial charge in [0.1, 0.15) is 0 Å². The molecule has 0 aromatic carbocycles. The van der Waals surface area contributed by atoms with Crippen LogP contribution < -0.4 is 16.0 Å². The average Bonchev–Trinajstić information content (AvgIpc) is 2.43. The largest absolute Gasteiger partial charge is 0.377 e. The zero-order valence-corrected chi connectivity index (χ0v) is 13.1. The van der Waals surface area contributed by atoms with Gasteiger partial charge in [-0.3, -0.25) is 4.79 Å². The highest BCUT2D eigenvalue weighted by Gasteiger charge is 1.96. The van der Waals surface area contributed by atoms with Gasteiger partial charge in [-0.1, -0.05) is 13.8 Å². The van der Waals surface area contributed by atoms with E-state index in [0.29, 0.717) is 46.1 Å². The molecule has 0 atom stereocenters. The summed E-state index contributed by atoms with van der Waals surface area (Å²) in [6.45, 7) is 10.8. The van der Waals surface area contributed by atoms with Gasteiger partial charge in [0.05, 0.1) is 26.4 Å². The van der Waals surface area contributed by atoms with Crippen molar-refractivity contribution >= 4 is 11.9 Å². The Labute approximate surface area is 121 Å². The first-order valence-corrected chi connectivity index (χ1v) is 7.08.